The second-order valence-corrected chi connectivity index (χ2v) is 8.73. The molecule has 34 heavy (non-hydrogen) atoms. The molecule has 180 valence electrons. The Morgan fingerprint density at radius 3 is 2.44 bits per heavy atom. The summed E-state index contributed by atoms with van der Waals surface area (Å²) in [6.07, 6.45) is 0.677. The fraction of sp³-hybridized carbons (Fsp3) is 0.423. The van der Waals surface area contributed by atoms with Crippen molar-refractivity contribution in [2.75, 3.05) is 46.5 Å². The van der Waals surface area contributed by atoms with Gasteiger partial charge in [-0.3, -0.25) is 19.3 Å². The minimum Gasteiger partial charge on any atom is -0.508 e. The first-order chi connectivity index (χ1) is 16.4. The number of hydrogen-bond donors (Lipinski definition) is 1. The summed E-state index contributed by atoms with van der Waals surface area (Å²) >= 11 is 0. The largest absolute Gasteiger partial charge is 0.508 e. The number of methoxy groups -OCH3 is 1. The number of morpholine rings is 1. The maximum absolute atomic E-state index is 13.6. The molecule has 2 fully saturated rings. The van der Waals surface area contributed by atoms with Gasteiger partial charge < -0.3 is 19.5 Å². The number of phenolic OH excluding ortho intramolecular Hbond substituents is 1. The number of likely N-dealkylation sites (tertiary alicyclic amines) is 1. The lowest BCUT2D eigenvalue weighted by molar-refractivity contribution is -0.140. The van der Waals surface area contributed by atoms with E-state index in [0.717, 1.165) is 19.6 Å². The zero-order valence-electron chi connectivity index (χ0n) is 19.5. The Bertz CT molecular complexity index is 1060. The lowest BCUT2D eigenvalue weighted by Crippen LogP contribution is -2.39. The molecular formula is C26H30N2O6. The highest BCUT2D eigenvalue weighted by Crippen LogP contribution is 2.39. The third kappa shape index (κ3) is 4.83. The molecule has 2 atom stereocenters. The average Bonchev–Trinajstić information content (AvgIpc) is 3.09. The van der Waals surface area contributed by atoms with Crippen molar-refractivity contribution in [2.45, 2.75) is 19.4 Å². The van der Waals surface area contributed by atoms with E-state index in [9.17, 15) is 19.5 Å². The van der Waals surface area contributed by atoms with Crippen LogP contribution in [0, 0.1) is 12.8 Å². The molecule has 8 heteroatoms. The number of ketones is 2. The highest BCUT2D eigenvalue weighted by atomic mass is 16.5. The number of hydrogen-bond acceptors (Lipinski definition) is 7. The zero-order valence-corrected chi connectivity index (χ0v) is 19.5. The first-order valence-corrected chi connectivity index (χ1v) is 11.5. The van der Waals surface area contributed by atoms with Gasteiger partial charge in [0.05, 0.1) is 26.4 Å². The van der Waals surface area contributed by atoms with E-state index in [1.165, 1.54) is 17.0 Å². The molecule has 0 radical (unpaired) electrons. The van der Waals surface area contributed by atoms with Gasteiger partial charge in [0.2, 0.25) is 5.78 Å². The van der Waals surface area contributed by atoms with Gasteiger partial charge >= 0.3 is 0 Å². The van der Waals surface area contributed by atoms with Crippen molar-refractivity contribution in [2.24, 2.45) is 5.92 Å². The molecule has 2 unspecified atom stereocenters. The van der Waals surface area contributed by atoms with Crippen LogP contribution < -0.4 is 4.74 Å². The Morgan fingerprint density at radius 1 is 1.09 bits per heavy atom. The van der Waals surface area contributed by atoms with Gasteiger partial charge in [0.1, 0.15) is 17.4 Å². The summed E-state index contributed by atoms with van der Waals surface area (Å²) in [6.45, 7) is 5.98. The van der Waals surface area contributed by atoms with Crippen LogP contribution in [-0.2, 0) is 14.3 Å². The predicted molar refractivity (Wildman–Crippen MR) is 125 cm³/mol. The van der Waals surface area contributed by atoms with Gasteiger partial charge in [-0.05, 0) is 54.8 Å². The minimum atomic E-state index is -1.15. The molecule has 1 amide bonds. The van der Waals surface area contributed by atoms with Crippen molar-refractivity contribution in [3.8, 4) is 11.5 Å². The summed E-state index contributed by atoms with van der Waals surface area (Å²) in [5.41, 5.74) is 1.72. The summed E-state index contributed by atoms with van der Waals surface area (Å²) in [6, 6.07) is 10.7. The number of Topliss-reactive ketones (excluding diaryl/α,β-unsaturated/α-hetero) is 2. The Hall–Kier alpha value is -3.23. The van der Waals surface area contributed by atoms with Crippen LogP contribution >= 0.6 is 0 Å². The van der Waals surface area contributed by atoms with Crippen molar-refractivity contribution in [1.82, 2.24) is 9.80 Å². The molecule has 2 aromatic carbocycles. The van der Waals surface area contributed by atoms with E-state index in [2.05, 4.69) is 4.90 Å². The summed E-state index contributed by atoms with van der Waals surface area (Å²) < 4.78 is 10.6. The van der Waals surface area contributed by atoms with E-state index in [-0.39, 0.29) is 11.5 Å². The summed E-state index contributed by atoms with van der Waals surface area (Å²) in [5, 5.41) is 9.75. The number of benzene rings is 2. The normalized spacial score (nSPS) is 21.2. The second kappa shape index (κ2) is 10.4. The third-order valence-corrected chi connectivity index (χ3v) is 6.60. The number of rotatable bonds is 8. The molecule has 2 saturated heterocycles. The van der Waals surface area contributed by atoms with Crippen LogP contribution in [0.4, 0.5) is 0 Å². The van der Waals surface area contributed by atoms with E-state index in [4.69, 9.17) is 9.47 Å². The van der Waals surface area contributed by atoms with Gasteiger partial charge in [-0.15, -0.1) is 0 Å². The number of amides is 1. The molecule has 1 N–H and O–H groups in total. The summed E-state index contributed by atoms with van der Waals surface area (Å²) in [4.78, 5) is 43.7. The lowest BCUT2D eigenvalue weighted by atomic mass is 9.85. The van der Waals surface area contributed by atoms with E-state index in [0.29, 0.717) is 48.6 Å². The fourth-order valence-electron chi connectivity index (χ4n) is 4.77. The molecule has 2 heterocycles. The van der Waals surface area contributed by atoms with Gasteiger partial charge in [0, 0.05) is 31.7 Å². The molecule has 2 aromatic rings. The van der Waals surface area contributed by atoms with Crippen LogP contribution in [0.25, 0.3) is 0 Å². The van der Waals surface area contributed by atoms with Gasteiger partial charge in [0.25, 0.3) is 5.91 Å². The highest BCUT2D eigenvalue weighted by molar-refractivity contribution is 6.44. The first-order valence-electron chi connectivity index (χ1n) is 11.5. The van der Waals surface area contributed by atoms with E-state index < -0.39 is 23.7 Å². The van der Waals surface area contributed by atoms with Crippen LogP contribution in [0.1, 0.15) is 33.9 Å². The van der Waals surface area contributed by atoms with Crippen molar-refractivity contribution in [3.05, 3.63) is 59.2 Å². The molecule has 8 nitrogen and oxygen atoms in total. The molecule has 2 aliphatic heterocycles. The summed E-state index contributed by atoms with van der Waals surface area (Å²) in [7, 11) is 1.55. The van der Waals surface area contributed by atoms with Crippen molar-refractivity contribution in [1.29, 1.82) is 0 Å². The van der Waals surface area contributed by atoms with Crippen LogP contribution in [-0.4, -0.2) is 78.9 Å². The van der Waals surface area contributed by atoms with Crippen molar-refractivity contribution < 1.29 is 29.0 Å². The Morgan fingerprint density at radius 2 is 1.79 bits per heavy atom. The molecule has 4 rings (SSSR count). The van der Waals surface area contributed by atoms with E-state index in [1.54, 1.807) is 44.4 Å². The molecule has 0 aromatic heterocycles. The Labute approximate surface area is 199 Å². The lowest BCUT2D eigenvalue weighted by Gasteiger charge is -2.30. The van der Waals surface area contributed by atoms with Gasteiger partial charge in [-0.1, -0.05) is 12.1 Å². The molecule has 2 aliphatic rings. The second-order valence-electron chi connectivity index (χ2n) is 8.73. The van der Waals surface area contributed by atoms with Gasteiger partial charge in [-0.25, -0.2) is 0 Å². The van der Waals surface area contributed by atoms with Gasteiger partial charge in [0.15, 0.2) is 5.78 Å². The zero-order chi connectivity index (χ0) is 24.2. The van der Waals surface area contributed by atoms with Crippen molar-refractivity contribution >= 4 is 17.5 Å². The molecule has 0 spiro atoms. The van der Waals surface area contributed by atoms with E-state index >= 15 is 0 Å². The number of ether oxygens (including phenoxy) is 2. The fourth-order valence-corrected chi connectivity index (χ4v) is 4.77. The molecular weight excluding hydrogens is 436 g/mol. The smallest absolute Gasteiger partial charge is 0.291 e. The molecule has 0 aliphatic carbocycles. The molecule has 0 saturated carbocycles. The number of carbonyl (C=O) groups is 3. The maximum Gasteiger partial charge on any atom is 0.291 e. The number of nitrogens with zero attached hydrogens (tertiary/aromatic N) is 2. The van der Waals surface area contributed by atoms with Crippen molar-refractivity contribution in [3.63, 3.8) is 0 Å². The molecule has 0 bridgehead atoms. The standard InChI is InChI=1S/C26H30N2O6/c1-17-16-20(33-2)8-9-21(17)24(30)22-23(18-4-6-19(29)7-5-18)28(26(32)25(22)31)11-3-10-27-12-14-34-15-13-27/h4-9,16,22-23,29H,3,10-15H2,1-2H3. The number of aryl methyl sites for hydroxylation is 1. The summed E-state index contributed by atoms with van der Waals surface area (Å²) in [5.74, 6) is -2.16. The van der Waals surface area contributed by atoms with Crippen LogP contribution in [0.5, 0.6) is 11.5 Å². The quantitative estimate of drug-likeness (QED) is 0.363. The predicted octanol–water partition coefficient (Wildman–Crippen LogP) is 2.38. The first kappa shape index (κ1) is 23.9. The third-order valence-electron chi connectivity index (χ3n) is 6.60. The Balaban J connectivity index is 1.62. The number of phenols is 1. The van der Waals surface area contributed by atoms with Crippen LogP contribution in [0.3, 0.4) is 0 Å². The van der Waals surface area contributed by atoms with Crippen LogP contribution in [0.15, 0.2) is 42.5 Å². The van der Waals surface area contributed by atoms with Gasteiger partial charge in [-0.2, -0.15) is 0 Å². The average molecular weight is 467 g/mol. The monoisotopic (exact) mass is 466 g/mol. The van der Waals surface area contributed by atoms with Crippen LogP contribution in [0.2, 0.25) is 0 Å². The Kier molecular flexibility index (Phi) is 7.29. The minimum absolute atomic E-state index is 0.0761. The number of aromatic hydroxyl groups is 1. The highest BCUT2D eigenvalue weighted by Gasteiger charge is 2.51. The van der Waals surface area contributed by atoms with E-state index in [1.807, 2.05) is 0 Å². The number of carbonyl (C=O) groups excluding carboxylic acids is 3. The topological polar surface area (TPSA) is 96.4 Å². The SMILES string of the molecule is COc1ccc(C(=O)C2C(=O)C(=O)N(CCCN3CCOCC3)C2c2ccc(O)cc2)c(C)c1. The maximum atomic E-state index is 13.6.